The highest BCUT2D eigenvalue weighted by Crippen LogP contribution is 2.32. The number of carboxylic acid groups (broad SMARTS) is 1. The summed E-state index contributed by atoms with van der Waals surface area (Å²) in [6.45, 7) is 0. The summed E-state index contributed by atoms with van der Waals surface area (Å²) in [5.41, 5.74) is 0.0859. The van der Waals surface area contributed by atoms with Crippen molar-refractivity contribution in [3.8, 4) is 0 Å². The van der Waals surface area contributed by atoms with Crippen LogP contribution in [0.5, 0.6) is 0 Å². The van der Waals surface area contributed by atoms with Crippen LogP contribution >= 0.6 is 0 Å². The van der Waals surface area contributed by atoms with Crippen LogP contribution in [0.2, 0.25) is 0 Å². The molecule has 1 amide bonds. The number of hydrogen-bond donors (Lipinski definition) is 2. The lowest BCUT2D eigenvalue weighted by Gasteiger charge is -2.38. The predicted molar refractivity (Wildman–Crippen MR) is 73.4 cm³/mol. The van der Waals surface area contributed by atoms with Crippen molar-refractivity contribution in [3.05, 3.63) is 42.1 Å². The normalized spacial score (nSPS) is 16.4. The molecule has 5 nitrogen and oxygen atoms in total. The van der Waals surface area contributed by atoms with Crippen molar-refractivity contribution >= 4 is 22.8 Å². The van der Waals surface area contributed by atoms with Crippen LogP contribution in [0, 0.1) is 0 Å². The first-order valence-corrected chi connectivity index (χ1v) is 6.52. The van der Waals surface area contributed by atoms with Gasteiger partial charge in [0.05, 0.1) is 11.1 Å². The Morgan fingerprint density at radius 3 is 2.60 bits per heavy atom. The number of rotatable bonds is 3. The third-order valence-electron chi connectivity index (χ3n) is 3.86. The molecule has 2 N–H and O–H groups in total. The highest BCUT2D eigenvalue weighted by Gasteiger charge is 2.45. The molecule has 1 aliphatic rings. The van der Waals surface area contributed by atoms with Crippen molar-refractivity contribution < 1.29 is 14.7 Å². The molecule has 1 aromatic carbocycles. The molecule has 1 fully saturated rings. The van der Waals surface area contributed by atoms with Crippen molar-refractivity contribution in [3.63, 3.8) is 0 Å². The Morgan fingerprint density at radius 2 is 1.95 bits per heavy atom. The molecule has 1 aliphatic carbocycles. The van der Waals surface area contributed by atoms with Gasteiger partial charge in [-0.25, -0.2) is 4.79 Å². The van der Waals surface area contributed by atoms with Crippen LogP contribution in [-0.2, 0) is 4.79 Å². The van der Waals surface area contributed by atoms with E-state index in [0.717, 1.165) is 17.3 Å². The first kappa shape index (κ1) is 12.6. The molecular formula is C15H14N2O3. The second kappa shape index (κ2) is 4.59. The molecule has 20 heavy (non-hydrogen) atoms. The summed E-state index contributed by atoms with van der Waals surface area (Å²) in [6.07, 6.45) is 3.35. The van der Waals surface area contributed by atoms with Crippen LogP contribution in [0.15, 0.2) is 36.5 Å². The summed E-state index contributed by atoms with van der Waals surface area (Å²) < 4.78 is 0. The number of carbonyl (C=O) groups excluding carboxylic acids is 1. The summed E-state index contributed by atoms with van der Waals surface area (Å²) in [7, 11) is 0. The van der Waals surface area contributed by atoms with E-state index < -0.39 is 11.5 Å². The van der Waals surface area contributed by atoms with E-state index in [4.69, 9.17) is 0 Å². The molecule has 0 atom stereocenters. The second-order valence-corrected chi connectivity index (χ2v) is 5.07. The Bertz CT molecular complexity index is 687. The van der Waals surface area contributed by atoms with Gasteiger partial charge in [0.1, 0.15) is 5.54 Å². The Balaban J connectivity index is 1.95. The number of nitrogens with one attached hydrogen (secondary N) is 1. The zero-order chi connectivity index (χ0) is 14.2. The van der Waals surface area contributed by atoms with Crippen LogP contribution in [0.4, 0.5) is 0 Å². The van der Waals surface area contributed by atoms with Gasteiger partial charge < -0.3 is 10.4 Å². The molecular weight excluding hydrogens is 256 g/mol. The molecule has 2 aromatic rings. The number of para-hydroxylation sites is 1. The SMILES string of the molecule is O=C(NC1(C(=O)O)CCC1)c1ccnc2ccccc12. The number of carbonyl (C=O) groups is 2. The standard InChI is InChI=1S/C15H14N2O3/c18-13(17-15(14(19)20)7-3-8-15)11-6-9-16-12-5-2-1-4-10(11)12/h1-2,4-6,9H,3,7-8H2,(H,17,18)(H,19,20). The van der Waals surface area contributed by atoms with E-state index in [2.05, 4.69) is 10.3 Å². The lowest BCUT2D eigenvalue weighted by atomic mass is 9.76. The molecule has 5 heteroatoms. The van der Waals surface area contributed by atoms with Crippen LogP contribution in [0.3, 0.4) is 0 Å². The Labute approximate surface area is 115 Å². The van der Waals surface area contributed by atoms with Gasteiger partial charge in [-0.2, -0.15) is 0 Å². The maximum atomic E-state index is 12.4. The average molecular weight is 270 g/mol. The molecule has 0 bridgehead atoms. The fourth-order valence-electron chi connectivity index (χ4n) is 2.50. The highest BCUT2D eigenvalue weighted by molar-refractivity contribution is 6.07. The molecule has 0 aliphatic heterocycles. The molecule has 0 spiro atoms. The molecule has 0 radical (unpaired) electrons. The van der Waals surface area contributed by atoms with E-state index in [0.29, 0.717) is 18.4 Å². The van der Waals surface area contributed by atoms with Gasteiger partial charge in [0, 0.05) is 11.6 Å². The van der Waals surface area contributed by atoms with Crippen LogP contribution in [0.1, 0.15) is 29.6 Å². The maximum absolute atomic E-state index is 12.4. The number of hydrogen-bond acceptors (Lipinski definition) is 3. The minimum atomic E-state index is -1.10. The average Bonchev–Trinajstić information content (AvgIpc) is 2.41. The fraction of sp³-hybridized carbons (Fsp3) is 0.267. The third kappa shape index (κ3) is 1.91. The van der Waals surface area contributed by atoms with E-state index in [-0.39, 0.29) is 5.91 Å². The quantitative estimate of drug-likeness (QED) is 0.893. The van der Waals surface area contributed by atoms with E-state index >= 15 is 0 Å². The van der Waals surface area contributed by atoms with Crippen molar-refractivity contribution in [2.75, 3.05) is 0 Å². The summed E-state index contributed by atoms with van der Waals surface area (Å²) in [5.74, 6) is -1.32. The lowest BCUT2D eigenvalue weighted by Crippen LogP contribution is -2.59. The number of aromatic nitrogens is 1. The number of carboxylic acids is 1. The summed E-state index contributed by atoms with van der Waals surface area (Å²) >= 11 is 0. The van der Waals surface area contributed by atoms with Crippen molar-refractivity contribution in [2.24, 2.45) is 0 Å². The van der Waals surface area contributed by atoms with Gasteiger partial charge in [0.2, 0.25) is 0 Å². The third-order valence-corrected chi connectivity index (χ3v) is 3.86. The molecule has 1 aromatic heterocycles. The maximum Gasteiger partial charge on any atom is 0.329 e. The number of pyridine rings is 1. The van der Waals surface area contributed by atoms with Gasteiger partial charge in [0.15, 0.2) is 0 Å². The number of nitrogens with zero attached hydrogens (tertiary/aromatic N) is 1. The Morgan fingerprint density at radius 1 is 1.20 bits per heavy atom. The Hall–Kier alpha value is -2.43. The van der Waals surface area contributed by atoms with Crippen molar-refractivity contribution in [2.45, 2.75) is 24.8 Å². The molecule has 3 rings (SSSR count). The largest absolute Gasteiger partial charge is 0.480 e. The minimum absolute atomic E-state index is 0.356. The molecule has 1 heterocycles. The van der Waals surface area contributed by atoms with E-state index in [9.17, 15) is 14.7 Å². The van der Waals surface area contributed by atoms with Crippen LogP contribution in [0.25, 0.3) is 10.9 Å². The molecule has 1 saturated carbocycles. The molecule has 102 valence electrons. The van der Waals surface area contributed by atoms with Crippen LogP contribution in [-0.4, -0.2) is 27.5 Å². The topological polar surface area (TPSA) is 79.3 Å². The van der Waals surface area contributed by atoms with E-state index in [1.54, 1.807) is 12.3 Å². The molecule has 0 saturated heterocycles. The smallest absolute Gasteiger partial charge is 0.329 e. The summed E-state index contributed by atoms with van der Waals surface area (Å²) in [6, 6.07) is 8.93. The number of amides is 1. The molecule has 0 unspecified atom stereocenters. The van der Waals surface area contributed by atoms with Gasteiger partial charge in [-0.05, 0) is 31.4 Å². The minimum Gasteiger partial charge on any atom is -0.480 e. The summed E-state index contributed by atoms with van der Waals surface area (Å²) in [5, 5.41) is 12.7. The van der Waals surface area contributed by atoms with Gasteiger partial charge in [-0.1, -0.05) is 18.2 Å². The first-order chi connectivity index (χ1) is 9.62. The second-order valence-electron chi connectivity index (χ2n) is 5.07. The van der Waals surface area contributed by atoms with Gasteiger partial charge in [-0.3, -0.25) is 9.78 Å². The van der Waals surface area contributed by atoms with E-state index in [1.807, 2.05) is 24.3 Å². The number of fused-ring (bicyclic) bond motifs is 1. The van der Waals surface area contributed by atoms with Crippen molar-refractivity contribution in [1.29, 1.82) is 0 Å². The predicted octanol–water partition coefficient (Wildman–Crippen LogP) is 1.97. The van der Waals surface area contributed by atoms with Gasteiger partial charge in [0.25, 0.3) is 5.91 Å². The number of aliphatic carboxylic acids is 1. The number of benzene rings is 1. The lowest BCUT2D eigenvalue weighted by molar-refractivity contribution is -0.148. The highest BCUT2D eigenvalue weighted by atomic mass is 16.4. The van der Waals surface area contributed by atoms with Gasteiger partial charge >= 0.3 is 5.97 Å². The van der Waals surface area contributed by atoms with Gasteiger partial charge in [-0.15, -0.1) is 0 Å². The summed E-state index contributed by atoms with van der Waals surface area (Å²) in [4.78, 5) is 27.9. The van der Waals surface area contributed by atoms with Crippen LogP contribution < -0.4 is 5.32 Å². The zero-order valence-electron chi connectivity index (χ0n) is 10.8. The monoisotopic (exact) mass is 270 g/mol. The Kier molecular flexibility index (Phi) is 2.89. The van der Waals surface area contributed by atoms with E-state index in [1.165, 1.54) is 0 Å². The van der Waals surface area contributed by atoms with Crippen molar-refractivity contribution in [1.82, 2.24) is 10.3 Å². The first-order valence-electron chi connectivity index (χ1n) is 6.52. The zero-order valence-corrected chi connectivity index (χ0v) is 10.8. The fourth-order valence-corrected chi connectivity index (χ4v) is 2.50.